The van der Waals surface area contributed by atoms with Crippen LogP contribution < -0.4 is 5.73 Å². The summed E-state index contributed by atoms with van der Waals surface area (Å²) in [6.45, 7) is 5.68. The van der Waals surface area contributed by atoms with Crippen LogP contribution in [0, 0.1) is 6.92 Å². The maximum atomic E-state index is 5.70. The fraction of sp³-hybridized carbons (Fsp3) is 0.400. The van der Waals surface area contributed by atoms with E-state index >= 15 is 0 Å². The standard InChI is InChI=1S/C15H21N3S/c1-13-17-11-15(19-13)12-18(10-8-16)9-7-14-5-3-2-4-6-14/h2-6,11H,7-10,12,16H2,1H3. The Morgan fingerprint density at radius 2 is 2.00 bits per heavy atom. The maximum Gasteiger partial charge on any atom is 0.0897 e. The van der Waals surface area contributed by atoms with Gasteiger partial charge in [0.05, 0.1) is 5.01 Å². The van der Waals surface area contributed by atoms with Gasteiger partial charge in [0.2, 0.25) is 0 Å². The molecule has 0 aliphatic carbocycles. The largest absolute Gasteiger partial charge is 0.329 e. The van der Waals surface area contributed by atoms with Gasteiger partial charge in [-0.05, 0) is 18.9 Å². The summed E-state index contributed by atoms with van der Waals surface area (Å²) in [5.41, 5.74) is 7.08. The highest BCUT2D eigenvalue weighted by atomic mass is 32.1. The number of hydrogen-bond acceptors (Lipinski definition) is 4. The molecule has 0 amide bonds. The van der Waals surface area contributed by atoms with E-state index in [4.69, 9.17) is 5.73 Å². The molecule has 3 nitrogen and oxygen atoms in total. The molecule has 0 spiro atoms. The molecule has 1 heterocycles. The lowest BCUT2D eigenvalue weighted by Gasteiger charge is -2.20. The Kier molecular flexibility index (Phi) is 5.51. The van der Waals surface area contributed by atoms with Gasteiger partial charge in [-0.25, -0.2) is 4.98 Å². The molecule has 1 aromatic carbocycles. The zero-order valence-electron chi connectivity index (χ0n) is 11.4. The second kappa shape index (κ2) is 7.38. The number of nitrogens with zero attached hydrogens (tertiary/aromatic N) is 2. The van der Waals surface area contributed by atoms with E-state index in [1.165, 1.54) is 10.4 Å². The number of rotatable bonds is 7. The molecule has 2 N–H and O–H groups in total. The van der Waals surface area contributed by atoms with Crippen LogP contribution in [0.5, 0.6) is 0 Å². The summed E-state index contributed by atoms with van der Waals surface area (Å²) in [5.74, 6) is 0. The van der Waals surface area contributed by atoms with Crippen molar-refractivity contribution >= 4 is 11.3 Å². The lowest BCUT2D eigenvalue weighted by Crippen LogP contribution is -2.30. The first-order valence-corrected chi connectivity index (χ1v) is 7.47. The zero-order valence-corrected chi connectivity index (χ0v) is 12.2. The van der Waals surface area contributed by atoms with Gasteiger partial charge in [-0.2, -0.15) is 0 Å². The fourth-order valence-electron chi connectivity index (χ4n) is 2.08. The summed E-state index contributed by atoms with van der Waals surface area (Å²) in [6.07, 6.45) is 3.05. The van der Waals surface area contributed by atoms with Crippen LogP contribution >= 0.6 is 11.3 Å². The first kappa shape index (κ1) is 14.2. The van der Waals surface area contributed by atoms with E-state index in [-0.39, 0.29) is 0 Å². The van der Waals surface area contributed by atoms with Crippen molar-refractivity contribution in [3.8, 4) is 0 Å². The molecule has 0 atom stereocenters. The van der Waals surface area contributed by atoms with Crippen molar-refractivity contribution in [2.45, 2.75) is 19.9 Å². The SMILES string of the molecule is Cc1ncc(CN(CCN)CCc2ccccc2)s1. The summed E-state index contributed by atoms with van der Waals surface area (Å²) in [4.78, 5) is 8.03. The average molecular weight is 275 g/mol. The number of hydrogen-bond donors (Lipinski definition) is 1. The predicted octanol–water partition coefficient (Wildman–Crippen LogP) is 2.45. The Balaban J connectivity index is 1.89. The summed E-state index contributed by atoms with van der Waals surface area (Å²) >= 11 is 1.77. The molecule has 0 aliphatic rings. The monoisotopic (exact) mass is 275 g/mol. The van der Waals surface area contributed by atoms with E-state index in [0.717, 1.165) is 31.1 Å². The van der Waals surface area contributed by atoms with Gasteiger partial charge in [-0.1, -0.05) is 30.3 Å². The minimum Gasteiger partial charge on any atom is -0.329 e. The molecule has 0 aliphatic heterocycles. The molecule has 2 rings (SSSR count). The van der Waals surface area contributed by atoms with E-state index in [0.29, 0.717) is 6.54 Å². The first-order chi connectivity index (χ1) is 9.28. The van der Waals surface area contributed by atoms with Gasteiger partial charge in [0.25, 0.3) is 0 Å². The molecule has 0 unspecified atom stereocenters. The summed E-state index contributed by atoms with van der Waals surface area (Å²) < 4.78 is 0. The second-order valence-electron chi connectivity index (χ2n) is 4.65. The molecule has 0 bridgehead atoms. The van der Waals surface area contributed by atoms with Crippen molar-refractivity contribution in [3.05, 3.63) is 52.0 Å². The van der Waals surface area contributed by atoms with Crippen molar-refractivity contribution in [3.63, 3.8) is 0 Å². The van der Waals surface area contributed by atoms with E-state index in [1.807, 2.05) is 13.1 Å². The number of aryl methyl sites for hydroxylation is 1. The first-order valence-electron chi connectivity index (χ1n) is 6.65. The third kappa shape index (κ3) is 4.74. The minimum atomic E-state index is 0.701. The molecule has 0 radical (unpaired) electrons. The number of aromatic nitrogens is 1. The lowest BCUT2D eigenvalue weighted by atomic mass is 10.1. The normalized spacial score (nSPS) is 11.1. The quantitative estimate of drug-likeness (QED) is 0.844. The minimum absolute atomic E-state index is 0.701. The Hall–Kier alpha value is -1.23. The van der Waals surface area contributed by atoms with Crippen LogP contribution in [0.15, 0.2) is 36.5 Å². The molecule has 0 saturated carbocycles. The second-order valence-corrected chi connectivity index (χ2v) is 5.97. The molecular formula is C15H21N3S. The van der Waals surface area contributed by atoms with Gasteiger partial charge in [-0.3, -0.25) is 4.90 Å². The topological polar surface area (TPSA) is 42.2 Å². The van der Waals surface area contributed by atoms with Crippen molar-refractivity contribution in [1.82, 2.24) is 9.88 Å². The Morgan fingerprint density at radius 3 is 2.63 bits per heavy atom. The summed E-state index contributed by atoms with van der Waals surface area (Å²) in [7, 11) is 0. The van der Waals surface area contributed by atoms with Crippen LogP contribution in [0.3, 0.4) is 0 Å². The maximum absolute atomic E-state index is 5.70. The van der Waals surface area contributed by atoms with Crippen LogP contribution in [-0.4, -0.2) is 29.5 Å². The van der Waals surface area contributed by atoms with E-state index < -0.39 is 0 Å². The van der Waals surface area contributed by atoms with Crippen molar-refractivity contribution < 1.29 is 0 Å². The van der Waals surface area contributed by atoms with Gasteiger partial charge in [0.1, 0.15) is 0 Å². The highest BCUT2D eigenvalue weighted by Gasteiger charge is 2.07. The number of thiazole rings is 1. The van der Waals surface area contributed by atoms with Gasteiger partial charge in [0.15, 0.2) is 0 Å². The molecule has 0 saturated heterocycles. The third-order valence-electron chi connectivity index (χ3n) is 3.05. The summed E-state index contributed by atoms with van der Waals surface area (Å²) in [6, 6.07) is 10.6. The third-order valence-corrected chi connectivity index (χ3v) is 3.95. The van der Waals surface area contributed by atoms with Gasteiger partial charge < -0.3 is 5.73 Å². The van der Waals surface area contributed by atoms with Crippen LogP contribution in [0.4, 0.5) is 0 Å². The van der Waals surface area contributed by atoms with Gasteiger partial charge in [-0.15, -0.1) is 11.3 Å². The van der Waals surface area contributed by atoms with Gasteiger partial charge >= 0.3 is 0 Å². The highest BCUT2D eigenvalue weighted by Crippen LogP contribution is 2.14. The van der Waals surface area contributed by atoms with E-state index in [1.54, 1.807) is 11.3 Å². The fourth-order valence-corrected chi connectivity index (χ4v) is 2.92. The Labute approximate surface area is 119 Å². The van der Waals surface area contributed by atoms with Crippen LogP contribution in [0.25, 0.3) is 0 Å². The van der Waals surface area contributed by atoms with Crippen LogP contribution in [-0.2, 0) is 13.0 Å². The molecule has 0 fully saturated rings. The van der Waals surface area contributed by atoms with Crippen LogP contribution in [0.2, 0.25) is 0 Å². The molecule has 2 aromatic rings. The van der Waals surface area contributed by atoms with Gasteiger partial charge in [0, 0.05) is 37.3 Å². The predicted molar refractivity (Wildman–Crippen MR) is 81.3 cm³/mol. The van der Waals surface area contributed by atoms with E-state index in [9.17, 15) is 0 Å². The molecule has 4 heteroatoms. The lowest BCUT2D eigenvalue weighted by molar-refractivity contribution is 0.278. The Morgan fingerprint density at radius 1 is 1.21 bits per heavy atom. The average Bonchev–Trinajstić information content (AvgIpc) is 2.83. The number of nitrogens with two attached hydrogens (primary N) is 1. The summed E-state index contributed by atoms with van der Waals surface area (Å²) in [5, 5.41) is 1.13. The van der Waals surface area contributed by atoms with Crippen LogP contribution in [0.1, 0.15) is 15.4 Å². The van der Waals surface area contributed by atoms with Crippen molar-refractivity contribution in [1.29, 1.82) is 0 Å². The Bertz CT molecular complexity index is 481. The molecule has 19 heavy (non-hydrogen) atoms. The zero-order chi connectivity index (χ0) is 13.5. The highest BCUT2D eigenvalue weighted by molar-refractivity contribution is 7.11. The molecular weight excluding hydrogens is 254 g/mol. The number of benzene rings is 1. The molecule has 1 aromatic heterocycles. The molecule has 102 valence electrons. The van der Waals surface area contributed by atoms with Crippen molar-refractivity contribution in [2.75, 3.05) is 19.6 Å². The van der Waals surface area contributed by atoms with Crippen molar-refractivity contribution in [2.24, 2.45) is 5.73 Å². The smallest absolute Gasteiger partial charge is 0.0897 e. The van der Waals surface area contributed by atoms with E-state index in [2.05, 4.69) is 40.2 Å².